The smallest absolute Gasteiger partial charge is 0.318 e. The number of ether oxygens (including phenoxy) is 1. The van der Waals surface area contributed by atoms with Crippen LogP contribution in [0.5, 0.6) is 0 Å². The van der Waals surface area contributed by atoms with E-state index in [1.165, 1.54) is 30.4 Å². The maximum atomic E-state index is 12.9. The highest BCUT2D eigenvalue weighted by molar-refractivity contribution is 5.75. The van der Waals surface area contributed by atoms with E-state index >= 15 is 0 Å². The van der Waals surface area contributed by atoms with E-state index in [2.05, 4.69) is 36.5 Å². The van der Waals surface area contributed by atoms with Gasteiger partial charge in [-0.05, 0) is 44.1 Å². The number of carbonyl (C=O) groups excluding carboxylic acids is 1. The number of fused-ring (bicyclic) bond motifs is 1. The van der Waals surface area contributed by atoms with Crippen LogP contribution in [0.3, 0.4) is 0 Å². The molecule has 3 aliphatic rings. The van der Waals surface area contributed by atoms with Gasteiger partial charge in [0.2, 0.25) is 0 Å². The predicted molar refractivity (Wildman–Crippen MR) is 89.2 cm³/mol. The molecular weight excluding hydrogens is 288 g/mol. The lowest BCUT2D eigenvalue weighted by Crippen LogP contribution is -2.52. The third kappa shape index (κ3) is 3.09. The highest BCUT2D eigenvalue weighted by Gasteiger charge is 2.40. The molecular formula is C19H26N2O2. The van der Waals surface area contributed by atoms with Gasteiger partial charge in [-0.1, -0.05) is 29.8 Å². The van der Waals surface area contributed by atoms with Crippen molar-refractivity contribution >= 4 is 6.03 Å². The normalized spacial score (nSPS) is 28.3. The van der Waals surface area contributed by atoms with Crippen LogP contribution in [-0.2, 0) is 4.74 Å². The first-order valence-electron chi connectivity index (χ1n) is 8.94. The Kier molecular flexibility index (Phi) is 4.02. The number of nitrogens with one attached hydrogen (secondary N) is 1. The van der Waals surface area contributed by atoms with Crippen LogP contribution in [0.1, 0.15) is 42.9 Å². The van der Waals surface area contributed by atoms with Crippen LogP contribution >= 0.6 is 0 Å². The summed E-state index contributed by atoms with van der Waals surface area (Å²) in [4.78, 5) is 14.9. The highest BCUT2D eigenvalue weighted by Crippen LogP contribution is 2.41. The van der Waals surface area contributed by atoms with E-state index in [1.807, 2.05) is 4.90 Å². The van der Waals surface area contributed by atoms with Crippen LogP contribution < -0.4 is 5.32 Å². The lowest BCUT2D eigenvalue weighted by Gasteiger charge is -2.37. The third-order valence-electron chi connectivity index (χ3n) is 5.61. The summed E-state index contributed by atoms with van der Waals surface area (Å²) in [7, 11) is 0. The monoisotopic (exact) mass is 314 g/mol. The number of nitrogens with zero attached hydrogens (tertiary/aromatic N) is 1. The molecule has 1 aromatic carbocycles. The molecule has 124 valence electrons. The average Bonchev–Trinajstić information content (AvgIpc) is 3.29. The van der Waals surface area contributed by atoms with Gasteiger partial charge >= 0.3 is 6.03 Å². The molecule has 3 fully saturated rings. The van der Waals surface area contributed by atoms with E-state index < -0.39 is 0 Å². The molecule has 4 heteroatoms. The number of amides is 2. The molecule has 1 unspecified atom stereocenters. The van der Waals surface area contributed by atoms with Crippen LogP contribution in [0.2, 0.25) is 0 Å². The first-order chi connectivity index (χ1) is 11.2. The molecule has 2 saturated heterocycles. The van der Waals surface area contributed by atoms with Gasteiger partial charge in [-0.3, -0.25) is 0 Å². The zero-order valence-electron chi connectivity index (χ0n) is 13.8. The van der Waals surface area contributed by atoms with Crippen LogP contribution in [0.15, 0.2) is 24.3 Å². The topological polar surface area (TPSA) is 41.6 Å². The molecule has 0 radical (unpaired) electrons. The van der Waals surface area contributed by atoms with Crippen molar-refractivity contribution in [3.63, 3.8) is 0 Å². The van der Waals surface area contributed by atoms with E-state index in [0.29, 0.717) is 18.4 Å². The van der Waals surface area contributed by atoms with Crippen molar-refractivity contribution in [3.8, 4) is 0 Å². The summed E-state index contributed by atoms with van der Waals surface area (Å²) < 4.78 is 5.61. The fourth-order valence-electron chi connectivity index (χ4n) is 4.04. The summed E-state index contributed by atoms with van der Waals surface area (Å²) >= 11 is 0. The Morgan fingerprint density at radius 3 is 2.74 bits per heavy atom. The second-order valence-electron chi connectivity index (χ2n) is 7.38. The van der Waals surface area contributed by atoms with Gasteiger partial charge in [-0.25, -0.2) is 4.79 Å². The summed E-state index contributed by atoms with van der Waals surface area (Å²) in [5, 5.41) is 3.33. The molecule has 3 atom stereocenters. The average molecular weight is 314 g/mol. The molecule has 0 bridgehead atoms. The molecule has 1 N–H and O–H groups in total. The minimum absolute atomic E-state index is 0.0997. The summed E-state index contributed by atoms with van der Waals surface area (Å²) in [5.41, 5.74) is 2.50. The number of benzene rings is 1. The molecule has 23 heavy (non-hydrogen) atoms. The largest absolute Gasteiger partial charge is 0.379 e. The quantitative estimate of drug-likeness (QED) is 0.930. The molecule has 1 aliphatic carbocycles. The van der Waals surface area contributed by atoms with Crippen molar-refractivity contribution < 1.29 is 9.53 Å². The molecule has 2 aliphatic heterocycles. The maximum Gasteiger partial charge on any atom is 0.318 e. The Bertz CT molecular complexity index is 567. The first kappa shape index (κ1) is 15.0. The second-order valence-corrected chi connectivity index (χ2v) is 7.38. The van der Waals surface area contributed by atoms with E-state index in [-0.39, 0.29) is 18.1 Å². The number of hydrogen-bond acceptors (Lipinski definition) is 2. The fourth-order valence-corrected chi connectivity index (χ4v) is 4.04. The zero-order valence-corrected chi connectivity index (χ0v) is 13.8. The summed E-state index contributed by atoms with van der Waals surface area (Å²) in [6.07, 6.45) is 4.72. The van der Waals surface area contributed by atoms with Gasteiger partial charge in [0, 0.05) is 12.5 Å². The number of likely N-dealkylation sites (tertiary alicyclic amines) is 1. The van der Waals surface area contributed by atoms with Gasteiger partial charge in [0.15, 0.2) is 0 Å². The van der Waals surface area contributed by atoms with Gasteiger partial charge in [-0.2, -0.15) is 0 Å². The van der Waals surface area contributed by atoms with E-state index in [9.17, 15) is 4.79 Å². The summed E-state index contributed by atoms with van der Waals surface area (Å²) in [5.74, 6) is 1.13. The van der Waals surface area contributed by atoms with Crippen LogP contribution in [0, 0.1) is 18.8 Å². The molecule has 2 heterocycles. The van der Waals surface area contributed by atoms with Gasteiger partial charge in [-0.15, -0.1) is 0 Å². The van der Waals surface area contributed by atoms with E-state index in [0.717, 1.165) is 19.6 Å². The van der Waals surface area contributed by atoms with E-state index in [4.69, 9.17) is 4.74 Å². The zero-order chi connectivity index (χ0) is 15.8. The Labute approximate surface area is 138 Å². The standard InChI is InChI=1S/C19H26N2O2/c1-13-4-6-14(7-5-13)18(15-8-9-15)20-19(22)21-10-2-3-16-11-23-12-17(16)21/h4-7,15-18H,2-3,8-12H2,1H3,(H,20,22)/t16-,17+,18?/m0/s1. The molecule has 0 aromatic heterocycles. The maximum absolute atomic E-state index is 12.9. The Morgan fingerprint density at radius 2 is 2.00 bits per heavy atom. The minimum Gasteiger partial charge on any atom is -0.379 e. The fraction of sp³-hybridized carbons (Fsp3) is 0.632. The van der Waals surface area contributed by atoms with Crippen molar-refractivity contribution in [2.24, 2.45) is 11.8 Å². The molecule has 4 rings (SSSR count). The lowest BCUT2D eigenvalue weighted by molar-refractivity contribution is 0.127. The van der Waals surface area contributed by atoms with Crippen LogP contribution in [0.4, 0.5) is 4.79 Å². The number of carbonyl (C=O) groups is 1. The SMILES string of the molecule is Cc1ccc(C(NC(=O)N2CCC[C@H]3COC[C@H]32)C2CC2)cc1. The van der Waals surface area contributed by atoms with Crippen molar-refractivity contribution in [2.75, 3.05) is 19.8 Å². The Balaban J connectivity index is 1.48. The molecule has 2 amide bonds. The Morgan fingerprint density at radius 1 is 1.22 bits per heavy atom. The number of hydrogen-bond donors (Lipinski definition) is 1. The van der Waals surface area contributed by atoms with Gasteiger partial charge < -0.3 is 15.0 Å². The van der Waals surface area contributed by atoms with Crippen LogP contribution in [-0.4, -0.2) is 36.7 Å². The van der Waals surface area contributed by atoms with Crippen molar-refractivity contribution in [2.45, 2.75) is 44.7 Å². The molecule has 4 nitrogen and oxygen atoms in total. The van der Waals surface area contributed by atoms with Crippen molar-refractivity contribution in [3.05, 3.63) is 35.4 Å². The van der Waals surface area contributed by atoms with Crippen molar-refractivity contribution in [1.82, 2.24) is 10.2 Å². The number of rotatable bonds is 3. The molecule has 0 spiro atoms. The third-order valence-corrected chi connectivity index (χ3v) is 5.61. The van der Waals surface area contributed by atoms with Gasteiger partial charge in [0.1, 0.15) is 0 Å². The lowest BCUT2D eigenvalue weighted by atomic mass is 9.92. The molecule has 1 saturated carbocycles. The van der Waals surface area contributed by atoms with Crippen molar-refractivity contribution in [1.29, 1.82) is 0 Å². The minimum atomic E-state index is 0.0997. The Hall–Kier alpha value is -1.55. The first-order valence-corrected chi connectivity index (χ1v) is 8.94. The number of piperidine rings is 1. The predicted octanol–water partition coefficient (Wildman–Crippen LogP) is 3.27. The van der Waals surface area contributed by atoms with E-state index in [1.54, 1.807) is 0 Å². The summed E-state index contributed by atoms with van der Waals surface area (Å²) in [6, 6.07) is 9.14. The second kappa shape index (κ2) is 6.16. The number of urea groups is 1. The van der Waals surface area contributed by atoms with Gasteiger partial charge in [0.05, 0.1) is 25.3 Å². The van der Waals surface area contributed by atoms with Crippen LogP contribution in [0.25, 0.3) is 0 Å². The molecule has 1 aromatic rings. The summed E-state index contributed by atoms with van der Waals surface area (Å²) in [6.45, 7) is 4.49. The highest BCUT2D eigenvalue weighted by atomic mass is 16.5. The number of aryl methyl sites for hydroxylation is 1. The van der Waals surface area contributed by atoms with Gasteiger partial charge in [0.25, 0.3) is 0 Å².